The first-order chi connectivity index (χ1) is 12.9. The van der Waals surface area contributed by atoms with Crippen molar-refractivity contribution < 1.29 is 8.42 Å². The number of halogens is 2. The topological polar surface area (TPSA) is 58.2 Å². The van der Waals surface area contributed by atoms with Crippen LogP contribution in [0.1, 0.15) is 11.6 Å². The van der Waals surface area contributed by atoms with Crippen molar-refractivity contribution in [1.29, 1.82) is 0 Å². The monoisotopic (exact) mass is 464 g/mol. The molecule has 3 aromatic rings. The summed E-state index contributed by atoms with van der Waals surface area (Å²) in [5.74, 6) is 0. The van der Waals surface area contributed by atoms with Crippen LogP contribution in [0.4, 0.5) is 5.69 Å². The van der Waals surface area contributed by atoms with Gasteiger partial charge in [0.2, 0.25) is 10.0 Å². The van der Waals surface area contributed by atoms with Gasteiger partial charge in [0.25, 0.3) is 0 Å². The lowest BCUT2D eigenvalue weighted by atomic mass is 10.1. The minimum atomic E-state index is -3.64. The molecule has 0 amide bonds. The lowest BCUT2D eigenvalue weighted by Gasteiger charge is -2.21. The molecule has 0 saturated heterocycles. The van der Waals surface area contributed by atoms with Crippen LogP contribution >= 0.6 is 27.5 Å². The Labute approximate surface area is 172 Å². The fourth-order valence-electron chi connectivity index (χ4n) is 2.57. The number of anilines is 1. The molecular formula is C20H18BrClN2O2S. The van der Waals surface area contributed by atoms with Gasteiger partial charge in [0.15, 0.2) is 0 Å². The fraction of sp³-hybridized carbons (Fsp3) is 0.100. The molecule has 2 N–H and O–H groups in total. The molecular weight excluding hydrogens is 448 g/mol. The van der Waals surface area contributed by atoms with Crippen LogP contribution in [0.3, 0.4) is 0 Å². The van der Waals surface area contributed by atoms with Crippen LogP contribution in [-0.2, 0) is 10.0 Å². The maximum Gasteiger partial charge on any atom is 0.240 e. The third-order valence-electron chi connectivity index (χ3n) is 3.99. The van der Waals surface area contributed by atoms with E-state index in [-0.39, 0.29) is 17.5 Å². The number of hydrogen-bond donors (Lipinski definition) is 2. The van der Waals surface area contributed by atoms with Gasteiger partial charge in [-0.3, -0.25) is 0 Å². The summed E-state index contributed by atoms with van der Waals surface area (Å²) in [7, 11) is -3.64. The van der Waals surface area contributed by atoms with Crippen LogP contribution in [0, 0.1) is 0 Å². The fourth-order valence-corrected chi connectivity index (χ4v) is 4.01. The van der Waals surface area contributed by atoms with Crippen LogP contribution in [0.15, 0.2) is 88.2 Å². The SMILES string of the molecule is O=S(=O)(NCC(Nc1ccc(Br)cc1)c1ccccc1)c1ccc(Cl)cc1. The van der Waals surface area contributed by atoms with Crippen LogP contribution in [0.2, 0.25) is 5.02 Å². The molecule has 3 aromatic carbocycles. The van der Waals surface area contributed by atoms with Crippen LogP contribution in [-0.4, -0.2) is 15.0 Å². The summed E-state index contributed by atoms with van der Waals surface area (Å²) in [5, 5.41) is 3.88. The number of sulfonamides is 1. The Bertz CT molecular complexity index is 979. The van der Waals surface area contributed by atoms with Crippen molar-refractivity contribution in [3.63, 3.8) is 0 Å². The van der Waals surface area contributed by atoms with Gasteiger partial charge in [-0.05, 0) is 54.1 Å². The second-order valence-corrected chi connectivity index (χ2v) is 9.04. The van der Waals surface area contributed by atoms with Crippen molar-refractivity contribution >= 4 is 43.2 Å². The smallest absolute Gasteiger partial charge is 0.240 e. The Morgan fingerprint density at radius 3 is 2.15 bits per heavy atom. The van der Waals surface area contributed by atoms with Gasteiger partial charge in [-0.25, -0.2) is 13.1 Å². The van der Waals surface area contributed by atoms with Crippen molar-refractivity contribution in [3.8, 4) is 0 Å². The van der Waals surface area contributed by atoms with E-state index in [2.05, 4.69) is 26.0 Å². The molecule has 0 bridgehead atoms. The molecule has 7 heteroatoms. The van der Waals surface area contributed by atoms with Gasteiger partial charge < -0.3 is 5.32 Å². The maximum absolute atomic E-state index is 12.6. The maximum atomic E-state index is 12.6. The van der Waals surface area contributed by atoms with Crippen molar-refractivity contribution in [2.24, 2.45) is 0 Å². The molecule has 0 fully saturated rings. The van der Waals surface area contributed by atoms with Crippen molar-refractivity contribution in [3.05, 3.63) is 93.9 Å². The summed E-state index contributed by atoms with van der Waals surface area (Å²) >= 11 is 9.26. The van der Waals surface area contributed by atoms with Crippen molar-refractivity contribution in [2.75, 3.05) is 11.9 Å². The highest BCUT2D eigenvalue weighted by atomic mass is 79.9. The molecule has 0 aliphatic rings. The summed E-state index contributed by atoms with van der Waals surface area (Å²) in [6, 6.07) is 23.3. The normalized spacial score (nSPS) is 12.5. The van der Waals surface area contributed by atoms with E-state index in [9.17, 15) is 8.42 Å². The Hall–Kier alpha value is -1.86. The molecule has 140 valence electrons. The van der Waals surface area contributed by atoms with Crippen LogP contribution < -0.4 is 10.0 Å². The molecule has 27 heavy (non-hydrogen) atoms. The zero-order chi connectivity index (χ0) is 19.3. The average molecular weight is 466 g/mol. The predicted molar refractivity (Wildman–Crippen MR) is 114 cm³/mol. The molecule has 0 aliphatic carbocycles. The Balaban J connectivity index is 1.79. The highest BCUT2D eigenvalue weighted by molar-refractivity contribution is 9.10. The molecule has 0 heterocycles. The summed E-state index contributed by atoms with van der Waals surface area (Å²) in [4.78, 5) is 0.183. The number of rotatable bonds is 7. The van der Waals surface area contributed by atoms with Crippen LogP contribution in [0.5, 0.6) is 0 Å². The Morgan fingerprint density at radius 1 is 0.889 bits per heavy atom. The zero-order valence-electron chi connectivity index (χ0n) is 14.3. The predicted octanol–water partition coefficient (Wildman–Crippen LogP) is 5.23. The first-order valence-corrected chi connectivity index (χ1v) is 10.9. The molecule has 1 atom stereocenters. The lowest BCUT2D eigenvalue weighted by Crippen LogP contribution is -2.31. The highest BCUT2D eigenvalue weighted by Gasteiger charge is 2.18. The van der Waals surface area contributed by atoms with Crippen molar-refractivity contribution in [1.82, 2.24) is 4.72 Å². The average Bonchev–Trinajstić information content (AvgIpc) is 2.68. The molecule has 0 aromatic heterocycles. The first-order valence-electron chi connectivity index (χ1n) is 8.26. The Kier molecular flexibility index (Phi) is 6.55. The number of hydrogen-bond acceptors (Lipinski definition) is 3. The lowest BCUT2D eigenvalue weighted by molar-refractivity contribution is 0.576. The summed E-state index contributed by atoms with van der Waals surface area (Å²) in [5.41, 5.74) is 1.89. The second kappa shape index (κ2) is 8.89. The number of benzene rings is 3. The first kappa shape index (κ1) is 19.9. The van der Waals surface area contributed by atoms with E-state index in [1.165, 1.54) is 12.1 Å². The Morgan fingerprint density at radius 2 is 1.52 bits per heavy atom. The summed E-state index contributed by atoms with van der Waals surface area (Å²) < 4.78 is 28.8. The van der Waals surface area contributed by atoms with Gasteiger partial charge >= 0.3 is 0 Å². The van der Waals surface area contributed by atoms with Gasteiger partial charge in [0, 0.05) is 21.7 Å². The largest absolute Gasteiger partial charge is 0.377 e. The van der Waals surface area contributed by atoms with E-state index < -0.39 is 10.0 Å². The van der Waals surface area contributed by atoms with Gasteiger partial charge in [0.1, 0.15) is 0 Å². The zero-order valence-corrected chi connectivity index (χ0v) is 17.4. The quantitative estimate of drug-likeness (QED) is 0.502. The van der Waals surface area contributed by atoms with Gasteiger partial charge in [-0.2, -0.15) is 0 Å². The molecule has 0 spiro atoms. The summed E-state index contributed by atoms with van der Waals surface area (Å²) in [6.07, 6.45) is 0. The molecule has 0 aliphatic heterocycles. The standard InChI is InChI=1S/C20H18BrClN2O2S/c21-16-6-10-18(11-7-16)24-20(15-4-2-1-3-5-15)14-23-27(25,26)19-12-8-17(22)9-13-19/h1-13,20,23-24H,14H2. The third-order valence-corrected chi connectivity index (χ3v) is 6.21. The molecule has 0 saturated carbocycles. The second-order valence-electron chi connectivity index (χ2n) is 5.92. The van der Waals surface area contributed by atoms with E-state index >= 15 is 0 Å². The van der Waals surface area contributed by atoms with E-state index in [1.54, 1.807) is 12.1 Å². The van der Waals surface area contributed by atoms with Gasteiger partial charge in [0.05, 0.1) is 10.9 Å². The molecule has 4 nitrogen and oxygen atoms in total. The third kappa shape index (κ3) is 5.56. The van der Waals surface area contributed by atoms with E-state index in [4.69, 9.17) is 11.6 Å². The summed E-state index contributed by atoms with van der Waals surface area (Å²) in [6.45, 7) is 0.199. The van der Waals surface area contributed by atoms with E-state index in [1.807, 2.05) is 54.6 Å². The number of nitrogens with one attached hydrogen (secondary N) is 2. The highest BCUT2D eigenvalue weighted by Crippen LogP contribution is 2.22. The minimum Gasteiger partial charge on any atom is -0.377 e. The molecule has 0 radical (unpaired) electrons. The van der Waals surface area contributed by atoms with E-state index in [0.717, 1.165) is 15.7 Å². The molecule has 3 rings (SSSR count). The molecule has 1 unspecified atom stereocenters. The van der Waals surface area contributed by atoms with E-state index in [0.29, 0.717) is 5.02 Å². The van der Waals surface area contributed by atoms with Crippen molar-refractivity contribution in [2.45, 2.75) is 10.9 Å². The van der Waals surface area contributed by atoms with Crippen LogP contribution in [0.25, 0.3) is 0 Å². The van der Waals surface area contributed by atoms with Gasteiger partial charge in [-0.15, -0.1) is 0 Å². The van der Waals surface area contributed by atoms with Gasteiger partial charge in [-0.1, -0.05) is 57.9 Å². The minimum absolute atomic E-state index is 0.183.